The molecule has 1 aliphatic rings. The molecule has 1 saturated heterocycles. The summed E-state index contributed by atoms with van der Waals surface area (Å²) in [7, 11) is 1.72. The first-order valence-electron chi connectivity index (χ1n) is 6.13. The van der Waals surface area contributed by atoms with Crippen LogP contribution in [0.5, 0.6) is 0 Å². The van der Waals surface area contributed by atoms with Gasteiger partial charge in [0.2, 0.25) is 11.8 Å². The predicted molar refractivity (Wildman–Crippen MR) is 65.8 cm³/mol. The van der Waals surface area contributed by atoms with Crippen molar-refractivity contribution in [3.8, 4) is 0 Å². The molecule has 1 aromatic rings. The van der Waals surface area contributed by atoms with E-state index < -0.39 is 0 Å². The number of hydrogen-bond donors (Lipinski definition) is 1. The summed E-state index contributed by atoms with van der Waals surface area (Å²) in [6.45, 7) is 2.44. The van der Waals surface area contributed by atoms with Gasteiger partial charge in [-0.05, 0) is 19.1 Å². The molecule has 2 heterocycles. The molecule has 2 amide bonds. The van der Waals surface area contributed by atoms with Crippen LogP contribution in [0.4, 0.5) is 0 Å². The van der Waals surface area contributed by atoms with Gasteiger partial charge in [-0.15, -0.1) is 0 Å². The van der Waals surface area contributed by atoms with Gasteiger partial charge >= 0.3 is 0 Å². The smallest absolute Gasteiger partial charge is 0.225 e. The maximum absolute atomic E-state index is 12.0. The maximum Gasteiger partial charge on any atom is 0.225 e. The summed E-state index contributed by atoms with van der Waals surface area (Å²) in [4.78, 5) is 24.9. The summed E-state index contributed by atoms with van der Waals surface area (Å²) in [6.07, 6.45) is 2.60. The Bertz CT molecular complexity index is 427. The molecule has 18 heavy (non-hydrogen) atoms. The van der Waals surface area contributed by atoms with Crippen molar-refractivity contribution in [2.75, 3.05) is 13.6 Å². The first kappa shape index (κ1) is 12.7. The van der Waals surface area contributed by atoms with E-state index in [2.05, 4.69) is 5.32 Å². The minimum absolute atomic E-state index is 0.00431. The van der Waals surface area contributed by atoms with Crippen molar-refractivity contribution in [2.24, 2.45) is 5.92 Å². The van der Waals surface area contributed by atoms with E-state index in [-0.39, 0.29) is 23.8 Å². The Balaban J connectivity index is 1.82. The van der Waals surface area contributed by atoms with E-state index in [9.17, 15) is 9.59 Å². The van der Waals surface area contributed by atoms with E-state index in [0.29, 0.717) is 19.4 Å². The van der Waals surface area contributed by atoms with Crippen LogP contribution >= 0.6 is 0 Å². The summed E-state index contributed by atoms with van der Waals surface area (Å²) in [6, 6.07) is 3.72. The summed E-state index contributed by atoms with van der Waals surface area (Å²) in [5, 5.41) is 2.92. The molecule has 2 rings (SSSR count). The highest BCUT2D eigenvalue weighted by Crippen LogP contribution is 2.16. The van der Waals surface area contributed by atoms with Gasteiger partial charge in [0.25, 0.3) is 0 Å². The molecule has 0 radical (unpaired) electrons. The second kappa shape index (κ2) is 5.25. The van der Waals surface area contributed by atoms with Crippen molar-refractivity contribution in [3.63, 3.8) is 0 Å². The number of rotatable bonds is 4. The van der Waals surface area contributed by atoms with Crippen LogP contribution in [0.3, 0.4) is 0 Å². The molecule has 5 heteroatoms. The lowest BCUT2D eigenvalue weighted by molar-refractivity contribution is -0.128. The summed E-state index contributed by atoms with van der Waals surface area (Å²) in [5.41, 5.74) is 0. The molecule has 0 aliphatic carbocycles. The molecule has 1 fully saturated rings. The van der Waals surface area contributed by atoms with Gasteiger partial charge in [-0.3, -0.25) is 9.59 Å². The first-order chi connectivity index (χ1) is 8.56. The van der Waals surface area contributed by atoms with Crippen LogP contribution in [0.1, 0.15) is 19.1 Å². The molecule has 0 saturated carbocycles. The number of nitrogens with zero attached hydrogens (tertiary/aromatic N) is 1. The van der Waals surface area contributed by atoms with Gasteiger partial charge in [-0.1, -0.05) is 0 Å². The van der Waals surface area contributed by atoms with Crippen LogP contribution in [-0.2, 0) is 16.0 Å². The summed E-state index contributed by atoms with van der Waals surface area (Å²) < 4.78 is 5.23. The number of hydrogen-bond acceptors (Lipinski definition) is 3. The maximum atomic E-state index is 12.0. The van der Waals surface area contributed by atoms with Gasteiger partial charge in [0.05, 0.1) is 12.2 Å². The molecule has 1 N–H and O–H groups in total. The van der Waals surface area contributed by atoms with Gasteiger partial charge in [0, 0.05) is 32.5 Å². The predicted octanol–water partition coefficient (Wildman–Crippen LogP) is 0.805. The number of carbonyl (C=O) groups excluding carboxylic acids is 2. The molecule has 5 nitrogen and oxygen atoms in total. The fraction of sp³-hybridized carbons (Fsp3) is 0.538. The van der Waals surface area contributed by atoms with E-state index in [1.54, 1.807) is 18.2 Å². The second-order valence-corrected chi connectivity index (χ2v) is 4.87. The average molecular weight is 250 g/mol. The molecule has 1 aliphatic heterocycles. The third kappa shape index (κ3) is 2.91. The average Bonchev–Trinajstić information content (AvgIpc) is 2.90. The highest BCUT2D eigenvalue weighted by Gasteiger charge is 2.32. The highest BCUT2D eigenvalue weighted by molar-refractivity contribution is 5.89. The van der Waals surface area contributed by atoms with Crippen LogP contribution in [0.25, 0.3) is 0 Å². The van der Waals surface area contributed by atoms with Crippen LogP contribution < -0.4 is 5.32 Å². The SMILES string of the molecule is C[C@@H](Cc1ccco1)NC(=O)[C@H]1CC(=O)N(C)C1. The van der Waals surface area contributed by atoms with E-state index in [4.69, 9.17) is 4.42 Å². The minimum Gasteiger partial charge on any atom is -0.469 e. The number of carbonyl (C=O) groups is 2. The van der Waals surface area contributed by atoms with Crippen molar-refractivity contribution < 1.29 is 14.0 Å². The Morgan fingerprint density at radius 1 is 1.67 bits per heavy atom. The Morgan fingerprint density at radius 2 is 2.44 bits per heavy atom. The van der Waals surface area contributed by atoms with Crippen molar-refractivity contribution >= 4 is 11.8 Å². The van der Waals surface area contributed by atoms with E-state index in [1.807, 2.05) is 19.1 Å². The normalized spacial score (nSPS) is 21.1. The Morgan fingerprint density at radius 3 is 3.00 bits per heavy atom. The molecule has 0 aromatic carbocycles. The fourth-order valence-corrected chi connectivity index (χ4v) is 2.18. The fourth-order valence-electron chi connectivity index (χ4n) is 2.18. The van der Waals surface area contributed by atoms with Gasteiger partial charge in [-0.25, -0.2) is 0 Å². The molecule has 0 bridgehead atoms. The van der Waals surface area contributed by atoms with E-state index in [1.165, 1.54) is 0 Å². The zero-order chi connectivity index (χ0) is 13.1. The number of furan rings is 1. The lowest BCUT2D eigenvalue weighted by Gasteiger charge is -2.15. The lowest BCUT2D eigenvalue weighted by Crippen LogP contribution is -2.39. The zero-order valence-electron chi connectivity index (χ0n) is 10.7. The van der Waals surface area contributed by atoms with Gasteiger partial charge in [0.1, 0.15) is 5.76 Å². The standard InChI is InChI=1S/C13H18N2O3/c1-9(6-11-4-3-5-18-11)14-13(17)10-7-12(16)15(2)8-10/h3-5,9-10H,6-8H2,1-2H3,(H,14,17)/t9-,10-/m0/s1. The quantitative estimate of drug-likeness (QED) is 0.860. The molecule has 1 aromatic heterocycles. The van der Waals surface area contributed by atoms with E-state index >= 15 is 0 Å². The summed E-state index contributed by atoms with van der Waals surface area (Å²) in [5.74, 6) is 0.615. The number of likely N-dealkylation sites (tertiary alicyclic amines) is 1. The molecule has 2 atom stereocenters. The Kier molecular flexibility index (Phi) is 3.69. The monoisotopic (exact) mass is 250 g/mol. The van der Waals surface area contributed by atoms with Gasteiger partial charge < -0.3 is 14.6 Å². The van der Waals surface area contributed by atoms with Gasteiger partial charge in [0.15, 0.2) is 0 Å². The van der Waals surface area contributed by atoms with Crippen LogP contribution in [0.15, 0.2) is 22.8 Å². The van der Waals surface area contributed by atoms with Crippen molar-refractivity contribution in [1.82, 2.24) is 10.2 Å². The number of amides is 2. The third-order valence-electron chi connectivity index (χ3n) is 3.19. The minimum atomic E-state index is -0.221. The molecule has 0 spiro atoms. The second-order valence-electron chi connectivity index (χ2n) is 4.87. The topological polar surface area (TPSA) is 62.6 Å². The van der Waals surface area contributed by atoms with Gasteiger partial charge in [-0.2, -0.15) is 0 Å². The molecule has 0 unspecified atom stereocenters. The van der Waals surface area contributed by atoms with Crippen LogP contribution in [-0.4, -0.2) is 36.3 Å². The largest absolute Gasteiger partial charge is 0.469 e. The van der Waals surface area contributed by atoms with Crippen molar-refractivity contribution in [3.05, 3.63) is 24.2 Å². The lowest BCUT2D eigenvalue weighted by atomic mass is 10.1. The third-order valence-corrected chi connectivity index (χ3v) is 3.19. The molecule has 98 valence electrons. The van der Waals surface area contributed by atoms with E-state index in [0.717, 1.165) is 5.76 Å². The zero-order valence-corrected chi connectivity index (χ0v) is 10.7. The van der Waals surface area contributed by atoms with Crippen molar-refractivity contribution in [2.45, 2.75) is 25.8 Å². The molecular formula is C13H18N2O3. The highest BCUT2D eigenvalue weighted by atomic mass is 16.3. The van der Waals surface area contributed by atoms with Crippen molar-refractivity contribution in [1.29, 1.82) is 0 Å². The Labute approximate surface area is 106 Å². The number of nitrogens with one attached hydrogen (secondary N) is 1. The van der Waals surface area contributed by atoms with Crippen LogP contribution in [0, 0.1) is 5.92 Å². The molecular weight excluding hydrogens is 232 g/mol. The summed E-state index contributed by atoms with van der Waals surface area (Å²) >= 11 is 0. The first-order valence-corrected chi connectivity index (χ1v) is 6.13. The Hall–Kier alpha value is -1.78. The van der Waals surface area contributed by atoms with Crippen LogP contribution in [0.2, 0.25) is 0 Å².